The van der Waals surface area contributed by atoms with E-state index in [4.69, 9.17) is 4.74 Å². The molecule has 152 valence electrons. The zero-order valence-electron chi connectivity index (χ0n) is 15.8. The average Bonchev–Trinajstić information content (AvgIpc) is 2.58. The molecule has 0 radical (unpaired) electrons. The van der Waals surface area contributed by atoms with Gasteiger partial charge in [-0.15, -0.1) is 13.2 Å². The number of piperazine rings is 1. The highest BCUT2D eigenvalue weighted by Gasteiger charge is 2.31. The van der Waals surface area contributed by atoms with Gasteiger partial charge in [0.2, 0.25) is 0 Å². The first-order chi connectivity index (χ1) is 13.0. The number of rotatable bonds is 2. The summed E-state index contributed by atoms with van der Waals surface area (Å²) < 4.78 is 46.9. The molecule has 0 spiro atoms. The molecule has 0 bridgehead atoms. The fraction of sp³-hybridized carbons (Fsp3) is 0.500. The van der Waals surface area contributed by atoms with Crippen LogP contribution in [0.3, 0.4) is 0 Å². The van der Waals surface area contributed by atoms with Crippen molar-refractivity contribution in [1.82, 2.24) is 14.9 Å². The van der Waals surface area contributed by atoms with Crippen molar-refractivity contribution in [2.75, 3.05) is 31.1 Å². The maximum Gasteiger partial charge on any atom is 0.573 e. The van der Waals surface area contributed by atoms with Gasteiger partial charge in [0.05, 0.1) is 5.52 Å². The number of alkyl halides is 3. The van der Waals surface area contributed by atoms with Gasteiger partial charge in [0.25, 0.3) is 0 Å². The lowest BCUT2D eigenvalue weighted by atomic mass is 10.2. The predicted molar refractivity (Wildman–Crippen MR) is 96.2 cm³/mol. The Labute approximate surface area is 160 Å². The summed E-state index contributed by atoms with van der Waals surface area (Å²) in [6.45, 7) is 7.17. The van der Waals surface area contributed by atoms with Gasteiger partial charge in [-0.2, -0.15) is 0 Å². The summed E-state index contributed by atoms with van der Waals surface area (Å²) in [5.41, 5.74) is -0.0690. The lowest BCUT2D eigenvalue weighted by molar-refractivity contribution is -0.274. The summed E-state index contributed by atoms with van der Waals surface area (Å²) in [6, 6.07) is 3.95. The molecule has 1 aromatic heterocycles. The third-order valence-corrected chi connectivity index (χ3v) is 4.05. The summed E-state index contributed by atoms with van der Waals surface area (Å²) in [7, 11) is 0. The first kappa shape index (κ1) is 20.0. The minimum atomic E-state index is -4.78. The molecule has 0 unspecified atom stereocenters. The molecule has 2 aromatic rings. The lowest BCUT2D eigenvalue weighted by Crippen LogP contribution is -2.50. The van der Waals surface area contributed by atoms with Gasteiger partial charge < -0.3 is 19.3 Å². The molecule has 0 N–H and O–H groups in total. The molecule has 1 fully saturated rings. The first-order valence-electron chi connectivity index (χ1n) is 8.75. The molecule has 1 aliphatic heterocycles. The van der Waals surface area contributed by atoms with Gasteiger partial charge in [0.15, 0.2) is 0 Å². The van der Waals surface area contributed by atoms with E-state index in [9.17, 15) is 18.0 Å². The molecule has 0 atom stereocenters. The van der Waals surface area contributed by atoms with Gasteiger partial charge in [-0.3, -0.25) is 0 Å². The van der Waals surface area contributed by atoms with Gasteiger partial charge in [-0.05, 0) is 39.0 Å². The molecule has 1 aliphatic rings. The summed E-state index contributed by atoms with van der Waals surface area (Å²) in [6.07, 6.45) is -3.80. The number of anilines is 1. The van der Waals surface area contributed by atoms with Crippen molar-refractivity contribution < 1.29 is 27.4 Å². The highest BCUT2D eigenvalue weighted by Crippen LogP contribution is 2.30. The van der Waals surface area contributed by atoms with Crippen molar-refractivity contribution in [3.05, 3.63) is 24.5 Å². The van der Waals surface area contributed by atoms with Gasteiger partial charge in [0.1, 0.15) is 23.5 Å². The quantitative estimate of drug-likeness (QED) is 0.770. The van der Waals surface area contributed by atoms with Crippen LogP contribution in [0, 0.1) is 0 Å². The van der Waals surface area contributed by atoms with Crippen LogP contribution >= 0.6 is 0 Å². The van der Waals surface area contributed by atoms with Crippen molar-refractivity contribution in [2.24, 2.45) is 0 Å². The van der Waals surface area contributed by atoms with Crippen LogP contribution in [0.4, 0.5) is 23.8 Å². The maximum atomic E-state index is 12.5. The third-order valence-electron chi connectivity index (χ3n) is 4.05. The van der Waals surface area contributed by atoms with Crippen molar-refractivity contribution in [1.29, 1.82) is 0 Å². The van der Waals surface area contributed by atoms with E-state index in [1.807, 2.05) is 4.90 Å². The Balaban J connectivity index is 1.77. The SMILES string of the molecule is CC(C)(C)OC(=O)N1CCN(c2ncnc3ccc(OC(F)(F)F)cc23)CC1. The van der Waals surface area contributed by atoms with E-state index in [1.165, 1.54) is 24.5 Å². The number of nitrogens with zero attached hydrogens (tertiary/aromatic N) is 4. The normalized spacial score (nSPS) is 15.6. The zero-order valence-corrected chi connectivity index (χ0v) is 15.8. The van der Waals surface area contributed by atoms with Crippen molar-refractivity contribution in [3.63, 3.8) is 0 Å². The van der Waals surface area contributed by atoms with E-state index in [2.05, 4.69) is 14.7 Å². The fourth-order valence-electron chi connectivity index (χ4n) is 2.90. The Bertz CT molecular complexity index is 859. The van der Waals surface area contributed by atoms with Gasteiger partial charge in [-0.1, -0.05) is 0 Å². The molecule has 7 nitrogen and oxygen atoms in total. The molecule has 1 amide bonds. The van der Waals surface area contributed by atoms with Gasteiger partial charge in [0, 0.05) is 31.6 Å². The second kappa shape index (κ2) is 7.33. The van der Waals surface area contributed by atoms with Crippen LogP contribution in [-0.4, -0.2) is 59.1 Å². The predicted octanol–water partition coefficient (Wildman–Crippen LogP) is 3.59. The van der Waals surface area contributed by atoms with Crippen LogP contribution in [0.1, 0.15) is 20.8 Å². The van der Waals surface area contributed by atoms with Crippen LogP contribution < -0.4 is 9.64 Å². The molecular weight excluding hydrogens is 377 g/mol. The minimum absolute atomic E-state index is 0.330. The van der Waals surface area contributed by atoms with Gasteiger partial charge in [-0.25, -0.2) is 14.8 Å². The summed E-state index contributed by atoms with van der Waals surface area (Å²) in [5, 5.41) is 0.454. The Kier molecular flexibility index (Phi) is 5.22. The zero-order chi connectivity index (χ0) is 20.5. The molecular formula is C18H21F3N4O3. The highest BCUT2D eigenvalue weighted by atomic mass is 19.4. The van der Waals surface area contributed by atoms with E-state index < -0.39 is 12.0 Å². The molecule has 1 aromatic carbocycles. The number of carbonyl (C=O) groups is 1. The fourth-order valence-corrected chi connectivity index (χ4v) is 2.90. The summed E-state index contributed by atoms with van der Waals surface area (Å²) in [4.78, 5) is 24.0. The number of ether oxygens (including phenoxy) is 2. The second-order valence-electron chi connectivity index (χ2n) is 7.38. The number of amides is 1. The maximum absolute atomic E-state index is 12.5. The van der Waals surface area contributed by atoms with Crippen LogP contribution in [0.15, 0.2) is 24.5 Å². The first-order valence-corrected chi connectivity index (χ1v) is 8.75. The molecule has 0 saturated carbocycles. The molecule has 10 heteroatoms. The van der Waals surface area contributed by atoms with Crippen molar-refractivity contribution >= 4 is 22.8 Å². The number of carbonyl (C=O) groups excluding carboxylic acids is 1. The van der Waals surface area contributed by atoms with E-state index in [-0.39, 0.29) is 11.8 Å². The Morgan fingerprint density at radius 3 is 2.36 bits per heavy atom. The third kappa shape index (κ3) is 4.93. The van der Waals surface area contributed by atoms with Gasteiger partial charge >= 0.3 is 12.5 Å². The lowest BCUT2D eigenvalue weighted by Gasteiger charge is -2.36. The Morgan fingerprint density at radius 2 is 1.75 bits per heavy atom. The average molecular weight is 398 g/mol. The standard InChI is InChI=1S/C18H21F3N4O3/c1-17(2,3)28-16(26)25-8-6-24(7-9-25)15-13-10-12(27-18(19,20)21)4-5-14(13)22-11-23-15/h4-5,10-11H,6-9H2,1-3H3. The molecule has 3 rings (SSSR count). The number of hydrogen-bond donors (Lipinski definition) is 0. The second-order valence-corrected chi connectivity index (χ2v) is 7.38. The molecule has 1 saturated heterocycles. The van der Waals surface area contributed by atoms with E-state index in [0.717, 1.165) is 0 Å². The summed E-state index contributed by atoms with van der Waals surface area (Å²) in [5.74, 6) is 0.171. The topological polar surface area (TPSA) is 67.8 Å². The smallest absolute Gasteiger partial charge is 0.444 e. The Morgan fingerprint density at radius 1 is 1.07 bits per heavy atom. The van der Waals surface area contributed by atoms with Crippen LogP contribution in [-0.2, 0) is 4.74 Å². The molecule has 28 heavy (non-hydrogen) atoms. The van der Waals surface area contributed by atoms with E-state index in [1.54, 1.807) is 25.7 Å². The van der Waals surface area contributed by atoms with E-state index >= 15 is 0 Å². The largest absolute Gasteiger partial charge is 0.573 e. The minimum Gasteiger partial charge on any atom is -0.444 e. The van der Waals surface area contributed by atoms with Crippen LogP contribution in [0.25, 0.3) is 10.9 Å². The van der Waals surface area contributed by atoms with Crippen LogP contribution in [0.2, 0.25) is 0 Å². The van der Waals surface area contributed by atoms with Crippen molar-refractivity contribution in [2.45, 2.75) is 32.7 Å². The number of hydrogen-bond acceptors (Lipinski definition) is 6. The Hall–Kier alpha value is -2.78. The molecule has 2 heterocycles. The van der Waals surface area contributed by atoms with Crippen molar-refractivity contribution in [3.8, 4) is 5.75 Å². The van der Waals surface area contributed by atoms with Crippen LogP contribution in [0.5, 0.6) is 5.75 Å². The molecule has 0 aliphatic carbocycles. The summed E-state index contributed by atoms with van der Waals surface area (Å²) >= 11 is 0. The number of aromatic nitrogens is 2. The number of halogens is 3. The van der Waals surface area contributed by atoms with E-state index in [0.29, 0.717) is 42.9 Å². The number of benzene rings is 1. The highest BCUT2D eigenvalue weighted by molar-refractivity contribution is 5.90. The monoisotopic (exact) mass is 398 g/mol. The number of fused-ring (bicyclic) bond motifs is 1.